The molecule has 0 bridgehead atoms. The molecule has 1 aromatic heterocycles. The summed E-state index contributed by atoms with van der Waals surface area (Å²) in [4.78, 5) is 13.4. The molecule has 0 saturated heterocycles. The molecule has 21 heavy (non-hydrogen) atoms. The van der Waals surface area contributed by atoms with Crippen molar-refractivity contribution in [1.82, 2.24) is 20.1 Å². The highest BCUT2D eigenvalue weighted by Gasteiger charge is 2.10. The fraction of sp³-hybridized carbons (Fsp3) is 0.733. The van der Waals surface area contributed by atoms with E-state index in [9.17, 15) is 0 Å². The maximum absolute atomic E-state index is 4.50. The van der Waals surface area contributed by atoms with Gasteiger partial charge in [0, 0.05) is 38.6 Å². The standard InChI is InChI=1S/C15H29N5S/c1-7-20(12(2)3)9-8-17-15(16-5)19(6)10-14-11-21-13(4)18-14/h11-12H,7-10H2,1-6H3,(H,16,17). The van der Waals surface area contributed by atoms with E-state index >= 15 is 0 Å². The molecule has 1 rings (SSSR count). The summed E-state index contributed by atoms with van der Waals surface area (Å²) in [5.41, 5.74) is 1.10. The average Bonchev–Trinajstić information content (AvgIpc) is 2.83. The van der Waals surface area contributed by atoms with Gasteiger partial charge < -0.3 is 10.2 Å². The van der Waals surface area contributed by atoms with Gasteiger partial charge in [-0.05, 0) is 27.3 Å². The number of nitrogens with one attached hydrogen (secondary N) is 1. The van der Waals surface area contributed by atoms with Gasteiger partial charge in [0.2, 0.25) is 0 Å². The van der Waals surface area contributed by atoms with E-state index in [0.29, 0.717) is 6.04 Å². The van der Waals surface area contributed by atoms with E-state index in [1.807, 2.05) is 21.0 Å². The fourth-order valence-corrected chi connectivity index (χ4v) is 2.88. The van der Waals surface area contributed by atoms with E-state index in [-0.39, 0.29) is 0 Å². The van der Waals surface area contributed by atoms with Gasteiger partial charge >= 0.3 is 0 Å². The van der Waals surface area contributed by atoms with Gasteiger partial charge in [0.15, 0.2) is 5.96 Å². The van der Waals surface area contributed by atoms with E-state index in [4.69, 9.17) is 0 Å². The number of rotatable bonds is 7. The van der Waals surface area contributed by atoms with Crippen molar-refractivity contribution in [2.45, 2.75) is 40.3 Å². The van der Waals surface area contributed by atoms with Crippen molar-refractivity contribution >= 4 is 17.3 Å². The van der Waals surface area contributed by atoms with Crippen LogP contribution in [0.25, 0.3) is 0 Å². The Labute approximate surface area is 133 Å². The van der Waals surface area contributed by atoms with Crippen LogP contribution in [0.15, 0.2) is 10.4 Å². The molecule has 0 saturated carbocycles. The van der Waals surface area contributed by atoms with E-state index in [2.05, 4.69) is 51.2 Å². The molecule has 0 amide bonds. The maximum Gasteiger partial charge on any atom is 0.193 e. The van der Waals surface area contributed by atoms with Crippen molar-refractivity contribution in [3.63, 3.8) is 0 Å². The van der Waals surface area contributed by atoms with Crippen molar-refractivity contribution in [1.29, 1.82) is 0 Å². The quantitative estimate of drug-likeness (QED) is 0.619. The third-order valence-corrected chi connectivity index (χ3v) is 4.28. The zero-order valence-corrected chi connectivity index (χ0v) is 15.0. The number of hydrogen-bond donors (Lipinski definition) is 1. The van der Waals surface area contributed by atoms with Crippen LogP contribution in [0.2, 0.25) is 0 Å². The van der Waals surface area contributed by atoms with Gasteiger partial charge in [0.25, 0.3) is 0 Å². The Bertz CT molecular complexity index is 441. The summed E-state index contributed by atoms with van der Waals surface area (Å²) in [6.07, 6.45) is 0. The molecule has 1 aromatic rings. The van der Waals surface area contributed by atoms with E-state index in [0.717, 1.165) is 42.8 Å². The Morgan fingerprint density at radius 2 is 2.19 bits per heavy atom. The largest absolute Gasteiger partial charge is 0.355 e. The molecule has 0 unspecified atom stereocenters. The minimum absolute atomic E-state index is 0.578. The number of guanidine groups is 1. The van der Waals surface area contributed by atoms with Crippen LogP contribution < -0.4 is 5.32 Å². The molecule has 1 N–H and O–H groups in total. The molecular weight excluding hydrogens is 282 g/mol. The van der Waals surface area contributed by atoms with E-state index < -0.39 is 0 Å². The molecule has 0 aromatic carbocycles. The molecule has 6 heteroatoms. The Morgan fingerprint density at radius 1 is 1.48 bits per heavy atom. The predicted molar refractivity (Wildman–Crippen MR) is 92.1 cm³/mol. The van der Waals surface area contributed by atoms with Gasteiger partial charge in [0.1, 0.15) is 0 Å². The van der Waals surface area contributed by atoms with Gasteiger partial charge in [-0.1, -0.05) is 6.92 Å². The second-order valence-corrected chi connectivity index (χ2v) is 6.47. The topological polar surface area (TPSA) is 43.8 Å². The molecule has 0 aliphatic rings. The zero-order chi connectivity index (χ0) is 15.8. The molecule has 0 radical (unpaired) electrons. The molecule has 0 fully saturated rings. The summed E-state index contributed by atoms with van der Waals surface area (Å²) >= 11 is 1.69. The highest BCUT2D eigenvalue weighted by Crippen LogP contribution is 2.09. The van der Waals surface area contributed by atoms with Crippen LogP contribution in [0.3, 0.4) is 0 Å². The number of likely N-dealkylation sites (N-methyl/N-ethyl adjacent to an activating group) is 1. The summed E-state index contributed by atoms with van der Waals surface area (Å²) in [5, 5.41) is 6.64. The molecule has 0 atom stereocenters. The molecule has 0 spiro atoms. The van der Waals surface area contributed by atoms with E-state index in [1.54, 1.807) is 11.3 Å². The Balaban J connectivity index is 2.44. The van der Waals surface area contributed by atoms with Crippen LogP contribution in [-0.2, 0) is 6.54 Å². The third kappa shape index (κ3) is 6.01. The fourth-order valence-electron chi connectivity index (χ4n) is 2.28. The maximum atomic E-state index is 4.50. The SMILES string of the molecule is CCN(CCNC(=NC)N(C)Cc1csc(C)n1)C(C)C. The lowest BCUT2D eigenvalue weighted by Crippen LogP contribution is -2.43. The van der Waals surface area contributed by atoms with Crippen molar-refractivity contribution in [2.75, 3.05) is 33.7 Å². The third-order valence-electron chi connectivity index (χ3n) is 3.46. The van der Waals surface area contributed by atoms with Gasteiger partial charge in [-0.15, -0.1) is 11.3 Å². The summed E-state index contributed by atoms with van der Waals surface area (Å²) in [6.45, 7) is 12.5. The van der Waals surface area contributed by atoms with Crippen molar-refractivity contribution in [3.8, 4) is 0 Å². The van der Waals surface area contributed by atoms with Crippen molar-refractivity contribution in [2.24, 2.45) is 4.99 Å². The molecule has 0 aliphatic carbocycles. The summed E-state index contributed by atoms with van der Waals surface area (Å²) in [6, 6.07) is 0.578. The summed E-state index contributed by atoms with van der Waals surface area (Å²) in [5.74, 6) is 0.917. The lowest BCUT2D eigenvalue weighted by atomic mass is 10.3. The van der Waals surface area contributed by atoms with Gasteiger partial charge in [-0.2, -0.15) is 0 Å². The minimum Gasteiger partial charge on any atom is -0.355 e. The first-order valence-corrected chi connectivity index (χ1v) is 8.42. The average molecular weight is 311 g/mol. The van der Waals surface area contributed by atoms with Crippen molar-refractivity contribution in [3.05, 3.63) is 16.1 Å². The van der Waals surface area contributed by atoms with Crippen LogP contribution in [0.1, 0.15) is 31.5 Å². The zero-order valence-electron chi connectivity index (χ0n) is 14.2. The number of hydrogen-bond acceptors (Lipinski definition) is 4. The first-order chi connectivity index (χ1) is 9.97. The molecule has 120 valence electrons. The number of thiazole rings is 1. The number of aryl methyl sites for hydroxylation is 1. The number of aromatic nitrogens is 1. The number of aliphatic imine (C=N–C) groups is 1. The minimum atomic E-state index is 0.578. The van der Waals surface area contributed by atoms with Crippen molar-refractivity contribution < 1.29 is 0 Å². The molecule has 1 heterocycles. The van der Waals surface area contributed by atoms with Crippen LogP contribution >= 0.6 is 11.3 Å². The monoisotopic (exact) mass is 311 g/mol. The molecular formula is C15H29N5S. The highest BCUT2D eigenvalue weighted by molar-refractivity contribution is 7.09. The van der Waals surface area contributed by atoms with Gasteiger partial charge in [0.05, 0.1) is 17.2 Å². The molecule has 0 aliphatic heterocycles. The Hall–Kier alpha value is -1.14. The Kier molecular flexibility index (Phi) is 7.67. The smallest absolute Gasteiger partial charge is 0.193 e. The first-order valence-electron chi connectivity index (χ1n) is 7.54. The summed E-state index contributed by atoms with van der Waals surface area (Å²) < 4.78 is 0. The van der Waals surface area contributed by atoms with Gasteiger partial charge in [-0.25, -0.2) is 4.98 Å². The second kappa shape index (κ2) is 9.00. The van der Waals surface area contributed by atoms with Crippen LogP contribution in [0.5, 0.6) is 0 Å². The highest BCUT2D eigenvalue weighted by atomic mass is 32.1. The lowest BCUT2D eigenvalue weighted by Gasteiger charge is -2.26. The Morgan fingerprint density at radius 3 is 2.67 bits per heavy atom. The summed E-state index contributed by atoms with van der Waals surface area (Å²) in [7, 11) is 3.87. The van der Waals surface area contributed by atoms with Crippen LogP contribution in [0, 0.1) is 6.92 Å². The van der Waals surface area contributed by atoms with Crippen LogP contribution in [0.4, 0.5) is 0 Å². The van der Waals surface area contributed by atoms with Gasteiger partial charge in [-0.3, -0.25) is 9.89 Å². The number of nitrogens with zero attached hydrogens (tertiary/aromatic N) is 4. The van der Waals surface area contributed by atoms with Crippen LogP contribution in [-0.4, -0.2) is 60.5 Å². The van der Waals surface area contributed by atoms with E-state index in [1.165, 1.54) is 0 Å². The first kappa shape index (κ1) is 17.9. The predicted octanol–water partition coefficient (Wildman–Crippen LogP) is 2.19. The second-order valence-electron chi connectivity index (χ2n) is 5.41. The lowest BCUT2D eigenvalue weighted by molar-refractivity contribution is 0.236. The normalized spacial score (nSPS) is 12.3. The molecule has 5 nitrogen and oxygen atoms in total.